The summed E-state index contributed by atoms with van der Waals surface area (Å²) < 4.78 is 40.6. The molecule has 0 N–H and O–H groups in total. The zero-order valence-electron chi connectivity index (χ0n) is 10.0. The van der Waals surface area contributed by atoms with Gasteiger partial charge in [0.25, 0.3) is 0 Å². The van der Waals surface area contributed by atoms with Crippen LogP contribution in [-0.2, 0) is 0 Å². The first-order valence-corrected chi connectivity index (χ1v) is 9.17. The molecule has 1 atom stereocenters. The molecule has 0 radical (unpaired) electrons. The molecule has 6 heteroatoms. The molecule has 0 saturated heterocycles. The zero-order chi connectivity index (χ0) is 13.3. The van der Waals surface area contributed by atoms with E-state index in [2.05, 4.69) is 43.1 Å². The van der Waals surface area contributed by atoms with Crippen LogP contribution in [0.15, 0.2) is 30.3 Å². The molecule has 0 aliphatic carbocycles. The van der Waals surface area contributed by atoms with E-state index in [1.165, 1.54) is 18.2 Å². The molecule has 0 fully saturated rings. The fourth-order valence-electron chi connectivity index (χ4n) is 1.13. The predicted molar refractivity (Wildman–Crippen MR) is 67.6 cm³/mol. The maximum atomic E-state index is 9.75. The monoisotopic (exact) mass is 316 g/mol. The minimum absolute atomic E-state index is 0.447. The van der Waals surface area contributed by atoms with Crippen molar-refractivity contribution in [2.24, 2.45) is 0 Å². The van der Waals surface area contributed by atoms with Gasteiger partial charge < -0.3 is 17.3 Å². The molecule has 1 aromatic carbocycles. The summed E-state index contributed by atoms with van der Waals surface area (Å²) in [5.74, 6) is 2.44. The molecule has 0 bridgehead atoms. The fourth-order valence-corrected chi connectivity index (χ4v) is 4.44. The second kappa shape index (κ2) is 8.59. The van der Waals surface area contributed by atoms with E-state index in [0.29, 0.717) is 0 Å². The van der Waals surface area contributed by atoms with Gasteiger partial charge in [0, 0.05) is 0 Å². The van der Waals surface area contributed by atoms with Gasteiger partial charge in [-0.2, -0.15) is 0 Å². The minimum atomic E-state index is -6.00. The Morgan fingerprint density at radius 3 is 1.94 bits per heavy atom. The van der Waals surface area contributed by atoms with Crippen LogP contribution < -0.4 is 4.46 Å². The van der Waals surface area contributed by atoms with E-state index < -0.39 is 21.2 Å². The molecule has 1 rings (SSSR count). The van der Waals surface area contributed by atoms with Crippen LogP contribution in [0, 0.1) is 0 Å². The number of rotatable bonds is 4. The summed E-state index contributed by atoms with van der Waals surface area (Å²) >= 11 is -0.447. The molecular weight excluding hydrogens is 298 g/mol. The quantitative estimate of drug-likeness (QED) is 0.579. The molecule has 17 heavy (non-hydrogen) atoms. The fraction of sp³-hybridized carbons (Fsp3) is 0.455. The van der Waals surface area contributed by atoms with Crippen molar-refractivity contribution >= 4 is 25.6 Å². The largest absolute Gasteiger partial charge is 0.673 e. The maximum Gasteiger partial charge on any atom is 0.673 e. The SMILES string of the molecule is CCCC[Se+](C)c1ccccc1.F[B-](F)(F)F. The summed E-state index contributed by atoms with van der Waals surface area (Å²) in [5.41, 5.74) is 0. The standard InChI is InChI=1S/C11H17Se.BF4/c1-3-4-10-12(2)11-8-6-5-7-9-11;2-1(3,4)5/h5-9H,3-4,10H2,1-2H3;/q+1;-1. The number of hydrogen-bond acceptors (Lipinski definition) is 0. The molecule has 0 amide bonds. The van der Waals surface area contributed by atoms with Gasteiger partial charge in [-0.25, -0.2) is 0 Å². The van der Waals surface area contributed by atoms with Gasteiger partial charge in [-0.3, -0.25) is 0 Å². The molecule has 1 aromatic rings. The minimum Gasteiger partial charge on any atom is -0.418 e. The van der Waals surface area contributed by atoms with Crippen LogP contribution in [0.4, 0.5) is 17.3 Å². The maximum absolute atomic E-state index is 9.75. The van der Waals surface area contributed by atoms with Gasteiger partial charge in [0.1, 0.15) is 0 Å². The molecule has 0 aliphatic heterocycles. The average molecular weight is 315 g/mol. The zero-order valence-corrected chi connectivity index (χ0v) is 11.7. The van der Waals surface area contributed by atoms with Gasteiger partial charge in [0.15, 0.2) is 0 Å². The summed E-state index contributed by atoms with van der Waals surface area (Å²) in [6.45, 7) is 2.27. The van der Waals surface area contributed by atoms with E-state index in [1.807, 2.05) is 0 Å². The van der Waals surface area contributed by atoms with E-state index in [4.69, 9.17) is 0 Å². The van der Waals surface area contributed by atoms with E-state index in [1.54, 1.807) is 4.46 Å². The van der Waals surface area contributed by atoms with Crippen LogP contribution in [0.2, 0.25) is 11.1 Å². The van der Waals surface area contributed by atoms with Gasteiger partial charge in [0.05, 0.1) is 0 Å². The summed E-state index contributed by atoms with van der Waals surface area (Å²) in [7, 11) is -6.00. The van der Waals surface area contributed by atoms with E-state index in [-0.39, 0.29) is 0 Å². The topological polar surface area (TPSA) is 0 Å². The third kappa shape index (κ3) is 11.8. The third-order valence-electron chi connectivity index (χ3n) is 1.95. The van der Waals surface area contributed by atoms with Crippen molar-refractivity contribution in [1.82, 2.24) is 0 Å². The Morgan fingerprint density at radius 2 is 1.53 bits per heavy atom. The predicted octanol–water partition coefficient (Wildman–Crippen LogP) is 4.12. The van der Waals surface area contributed by atoms with Gasteiger partial charge in [0.2, 0.25) is 0 Å². The molecular formula is C11H17BF4Se. The molecule has 0 saturated carbocycles. The van der Waals surface area contributed by atoms with Crippen LogP contribution in [0.25, 0.3) is 0 Å². The second-order valence-corrected chi connectivity index (χ2v) is 8.02. The first-order chi connectivity index (χ1) is 7.84. The normalized spacial score (nSPS) is 12.6. The molecule has 0 nitrogen and oxygen atoms in total. The van der Waals surface area contributed by atoms with Crippen molar-refractivity contribution in [3.63, 3.8) is 0 Å². The third-order valence-corrected chi connectivity index (χ3v) is 6.10. The molecule has 1 unspecified atom stereocenters. The Hall–Kier alpha value is -0.476. The first kappa shape index (κ1) is 16.5. The Kier molecular flexibility index (Phi) is 8.35. The van der Waals surface area contributed by atoms with Gasteiger partial charge in [-0.05, 0) is 0 Å². The van der Waals surface area contributed by atoms with E-state index in [0.717, 1.165) is 0 Å². The summed E-state index contributed by atoms with van der Waals surface area (Å²) in [4.78, 5) is 0. The summed E-state index contributed by atoms with van der Waals surface area (Å²) in [6, 6.07) is 11.0. The van der Waals surface area contributed by atoms with Crippen molar-refractivity contribution in [2.75, 3.05) is 0 Å². The molecule has 98 valence electrons. The van der Waals surface area contributed by atoms with Crippen LogP contribution in [0.3, 0.4) is 0 Å². The van der Waals surface area contributed by atoms with Crippen molar-refractivity contribution in [2.45, 2.75) is 30.9 Å². The van der Waals surface area contributed by atoms with Crippen molar-refractivity contribution in [3.05, 3.63) is 30.3 Å². The first-order valence-electron chi connectivity index (χ1n) is 5.39. The second-order valence-electron chi connectivity index (χ2n) is 3.50. The van der Waals surface area contributed by atoms with Crippen molar-refractivity contribution in [3.8, 4) is 0 Å². The molecule has 0 aliphatic rings. The number of benzene rings is 1. The smallest absolute Gasteiger partial charge is 0.418 e. The Balaban J connectivity index is 0.000000437. The molecule has 0 aromatic heterocycles. The van der Waals surface area contributed by atoms with E-state index in [9.17, 15) is 17.3 Å². The van der Waals surface area contributed by atoms with Gasteiger partial charge in [-0.15, -0.1) is 0 Å². The Labute approximate surface area is 104 Å². The van der Waals surface area contributed by atoms with Crippen molar-refractivity contribution in [1.29, 1.82) is 0 Å². The van der Waals surface area contributed by atoms with Gasteiger partial charge in [-0.1, -0.05) is 0 Å². The van der Waals surface area contributed by atoms with Crippen LogP contribution in [-0.4, -0.2) is 21.2 Å². The number of halogens is 4. The summed E-state index contributed by atoms with van der Waals surface area (Å²) in [5, 5.41) is 1.44. The number of unbranched alkanes of at least 4 members (excludes halogenated alkanes) is 1. The van der Waals surface area contributed by atoms with Crippen molar-refractivity contribution < 1.29 is 17.3 Å². The van der Waals surface area contributed by atoms with Gasteiger partial charge >= 0.3 is 86.9 Å². The van der Waals surface area contributed by atoms with E-state index >= 15 is 0 Å². The number of hydrogen-bond donors (Lipinski definition) is 0. The summed E-state index contributed by atoms with van der Waals surface area (Å²) in [6.07, 6.45) is 2.73. The Morgan fingerprint density at radius 1 is 1.06 bits per heavy atom. The van der Waals surface area contributed by atoms with Crippen LogP contribution >= 0.6 is 0 Å². The molecule has 0 heterocycles. The molecule has 0 spiro atoms. The van der Waals surface area contributed by atoms with Crippen LogP contribution in [0.5, 0.6) is 0 Å². The van der Waals surface area contributed by atoms with Crippen LogP contribution in [0.1, 0.15) is 19.8 Å². The Bertz CT molecular complexity index is 283. The average Bonchev–Trinajstić information content (AvgIpc) is 2.25.